The van der Waals surface area contributed by atoms with Crippen LogP contribution >= 0.6 is 15.9 Å². The molecule has 0 bridgehead atoms. The smallest absolute Gasteiger partial charge is 0.416 e. The van der Waals surface area contributed by atoms with Crippen molar-refractivity contribution in [2.45, 2.75) is 12.2 Å². The molecule has 0 fully saturated rings. The van der Waals surface area contributed by atoms with E-state index in [1.165, 1.54) is 13.2 Å². The van der Waals surface area contributed by atoms with Gasteiger partial charge in [0, 0.05) is 4.47 Å². The Morgan fingerprint density at radius 2 is 1.86 bits per heavy atom. The first kappa shape index (κ1) is 15.9. The van der Waals surface area contributed by atoms with Crippen LogP contribution in [0.2, 0.25) is 0 Å². The Hall–Kier alpha value is -1.53. The summed E-state index contributed by atoms with van der Waals surface area (Å²) in [6.07, 6.45) is -4.38. The second kappa shape index (κ2) is 6.07. The van der Waals surface area contributed by atoms with Crippen LogP contribution in [-0.2, 0) is 6.18 Å². The van der Waals surface area contributed by atoms with Gasteiger partial charge in [-0.15, -0.1) is 0 Å². The molecule has 0 aliphatic heterocycles. The van der Waals surface area contributed by atoms with Crippen molar-refractivity contribution in [1.82, 2.24) is 0 Å². The fraction of sp³-hybridized carbons (Fsp3) is 0.200. The Labute approximate surface area is 128 Å². The van der Waals surface area contributed by atoms with E-state index < -0.39 is 17.8 Å². The number of hydrogen-bond acceptors (Lipinski definition) is 2. The van der Waals surface area contributed by atoms with Gasteiger partial charge in [0.1, 0.15) is 5.75 Å². The Kier molecular flexibility index (Phi) is 4.58. The van der Waals surface area contributed by atoms with Crippen LogP contribution in [0.25, 0.3) is 0 Å². The molecule has 2 aromatic carbocycles. The van der Waals surface area contributed by atoms with E-state index in [1.807, 2.05) is 0 Å². The van der Waals surface area contributed by atoms with Crippen LogP contribution in [0.5, 0.6) is 5.75 Å². The summed E-state index contributed by atoms with van der Waals surface area (Å²) in [6, 6.07) is 9.55. The van der Waals surface area contributed by atoms with Crippen LogP contribution in [0.1, 0.15) is 22.7 Å². The van der Waals surface area contributed by atoms with E-state index in [2.05, 4.69) is 15.9 Å². The van der Waals surface area contributed by atoms with Crippen molar-refractivity contribution in [3.8, 4) is 5.75 Å². The van der Waals surface area contributed by atoms with Crippen molar-refractivity contribution in [1.29, 1.82) is 0 Å². The van der Waals surface area contributed by atoms with Crippen LogP contribution in [0.15, 0.2) is 46.9 Å². The highest BCUT2D eigenvalue weighted by molar-refractivity contribution is 9.10. The molecule has 1 unspecified atom stereocenters. The van der Waals surface area contributed by atoms with Gasteiger partial charge in [-0.05, 0) is 35.4 Å². The predicted molar refractivity (Wildman–Crippen MR) is 78.2 cm³/mol. The minimum atomic E-state index is -4.38. The molecule has 2 nitrogen and oxygen atoms in total. The molecule has 2 rings (SSSR count). The minimum absolute atomic E-state index is 0.399. The van der Waals surface area contributed by atoms with Crippen molar-refractivity contribution in [3.05, 3.63) is 63.6 Å². The van der Waals surface area contributed by atoms with Gasteiger partial charge in [-0.25, -0.2) is 0 Å². The minimum Gasteiger partial charge on any atom is -0.497 e. The van der Waals surface area contributed by atoms with Crippen LogP contribution in [-0.4, -0.2) is 7.11 Å². The lowest BCUT2D eigenvalue weighted by atomic mass is 9.98. The maximum absolute atomic E-state index is 12.7. The quantitative estimate of drug-likeness (QED) is 0.873. The summed E-state index contributed by atoms with van der Waals surface area (Å²) < 4.78 is 44.0. The molecule has 2 N–H and O–H groups in total. The van der Waals surface area contributed by atoms with Crippen molar-refractivity contribution < 1.29 is 17.9 Å². The summed E-state index contributed by atoms with van der Waals surface area (Å²) in [6.45, 7) is 0. The molecule has 0 radical (unpaired) electrons. The average Bonchev–Trinajstić information content (AvgIpc) is 2.45. The number of ether oxygens (including phenoxy) is 1. The van der Waals surface area contributed by atoms with Gasteiger partial charge < -0.3 is 10.5 Å². The van der Waals surface area contributed by atoms with Gasteiger partial charge in [-0.2, -0.15) is 13.2 Å². The predicted octanol–water partition coefficient (Wildman–Crippen LogP) is 4.52. The molecule has 21 heavy (non-hydrogen) atoms. The molecule has 6 heteroatoms. The number of hydrogen-bond donors (Lipinski definition) is 1. The van der Waals surface area contributed by atoms with E-state index in [0.717, 1.165) is 12.1 Å². The summed E-state index contributed by atoms with van der Waals surface area (Å²) in [5.74, 6) is 0.641. The van der Waals surface area contributed by atoms with E-state index in [4.69, 9.17) is 10.5 Å². The van der Waals surface area contributed by atoms with Crippen molar-refractivity contribution in [3.63, 3.8) is 0 Å². The zero-order chi connectivity index (χ0) is 15.6. The molecule has 2 aromatic rings. The number of nitrogens with two attached hydrogens (primary N) is 1. The van der Waals surface area contributed by atoms with Crippen LogP contribution in [0.3, 0.4) is 0 Å². The fourth-order valence-electron chi connectivity index (χ4n) is 1.98. The third-order valence-corrected chi connectivity index (χ3v) is 3.80. The molecule has 112 valence electrons. The molecule has 1 atom stereocenters. The van der Waals surface area contributed by atoms with Gasteiger partial charge in [0.2, 0.25) is 0 Å². The van der Waals surface area contributed by atoms with E-state index in [0.29, 0.717) is 21.3 Å². The first-order valence-corrected chi connectivity index (χ1v) is 6.88. The third-order valence-electron chi connectivity index (χ3n) is 3.12. The summed E-state index contributed by atoms with van der Waals surface area (Å²) >= 11 is 3.36. The molecule has 0 aliphatic rings. The largest absolute Gasteiger partial charge is 0.497 e. The van der Waals surface area contributed by atoms with E-state index in [1.54, 1.807) is 24.3 Å². The van der Waals surface area contributed by atoms with Crippen LogP contribution < -0.4 is 10.5 Å². The Bertz CT molecular complexity index is 643. The average molecular weight is 360 g/mol. The second-order valence-corrected chi connectivity index (χ2v) is 5.34. The number of rotatable bonds is 3. The monoisotopic (exact) mass is 359 g/mol. The molecule has 0 amide bonds. The molecule has 0 saturated carbocycles. The molecule has 0 spiro atoms. The molecule has 0 aromatic heterocycles. The summed E-state index contributed by atoms with van der Waals surface area (Å²) in [7, 11) is 1.54. The molecule has 0 heterocycles. The fourth-order valence-corrected chi connectivity index (χ4v) is 2.58. The highest BCUT2D eigenvalue weighted by Gasteiger charge is 2.30. The Morgan fingerprint density at radius 3 is 2.43 bits per heavy atom. The standard InChI is InChI=1S/C15H13BrF3NO/c1-21-11-5-6-12(13(16)8-11)14(20)9-3-2-4-10(7-9)15(17,18)19/h2-8,14H,20H2,1H3. The molecular weight excluding hydrogens is 347 g/mol. The van der Waals surface area contributed by atoms with E-state index in [9.17, 15) is 13.2 Å². The van der Waals surface area contributed by atoms with E-state index in [-0.39, 0.29) is 0 Å². The molecule has 0 aliphatic carbocycles. The maximum Gasteiger partial charge on any atom is 0.416 e. The zero-order valence-corrected chi connectivity index (χ0v) is 12.7. The molecule has 0 saturated heterocycles. The van der Waals surface area contributed by atoms with E-state index >= 15 is 0 Å². The van der Waals surface area contributed by atoms with Crippen LogP contribution in [0, 0.1) is 0 Å². The van der Waals surface area contributed by atoms with Gasteiger partial charge in [-0.3, -0.25) is 0 Å². The maximum atomic E-state index is 12.7. The lowest BCUT2D eigenvalue weighted by Crippen LogP contribution is -2.14. The SMILES string of the molecule is COc1ccc(C(N)c2cccc(C(F)(F)F)c2)c(Br)c1. The topological polar surface area (TPSA) is 35.2 Å². The first-order valence-electron chi connectivity index (χ1n) is 6.09. The lowest BCUT2D eigenvalue weighted by molar-refractivity contribution is -0.137. The first-order chi connectivity index (χ1) is 9.82. The second-order valence-electron chi connectivity index (χ2n) is 4.49. The van der Waals surface area contributed by atoms with Gasteiger partial charge >= 0.3 is 6.18 Å². The third kappa shape index (κ3) is 3.57. The zero-order valence-electron chi connectivity index (χ0n) is 11.1. The highest BCUT2D eigenvalue weighted by Crippen LogP contribution is 2.34. The summed E-state index contributed by atoms with van der Waals surface area (Å²) in [5, 5.41) is 0. The normalized spacial score (nSPS) is 13.0. The van der Waals surface area contributed by atoms with Crippen molar-refractivity contribution in [2.24, 2.45) is 5.73 Å². The number of halogens is 4. The van der Waals surface area contributed by atoms with Crippen molar-refractivity contribution in [2.75, 3.05) is 7.11 Å². The Balaban J connectivity index is 2.38. The van der Waals surface area contributed by atoms with Gasteiger partial charge in [0.05, 0.1) is 18.7 Å². The van der Waals surface area contributed by atoms with Gasteiger partial charge in [0.15, 0.2) is 0 Å². The van der Waals surface area contributed by atoms with Gasteiger partial charge in [0.25, 0.3) is 0 Å². The number of benzene rings is 2. The summed E-state index contributed by atoms with van der Waals surface area (Å²) in [4.78, 5) is 0. The van der Waals surface area contributed by atoms with Crippen molar-refractivity contribution >= 4 is 15.9 Å². The van der Waals surface area contributed by atoms with Gasteiger partial charge in [-0.1, -0.05) is 34.1 Å². The lowest BCUT2D eigenvalue weighted by Gasteiger charge is -2.17. The molecular formula is C15H13BrF3NO. The highest BCUT2D eigenvalue weighted by atomic mass is 79.9. The number of methoxy groups -OCH3 is 1. The summed E-state index contributed by atoms with van der Waals surface area (Å²) in [5.41, 5.74) is 6.46. The number of alkyl halides is 3. The van der Waals surface area contributed by atoms with Crippen LogP contribution in [0.4, 0.5) is 13.2 Å². The Morgan fingerprint density at radius 1 is 1.14 bits per heavy atom.